The van der Waals surface area contributed by atoms with Crippen LogP contribution in [0.2, 0.25) is 0 Å². The van der Waals surface area contributed by atoms with Gasteiger partial charge in [-0.25, -0.2) is 4.98 Å². The summed E-state index contributed by atoms with van der Waals surface area (Å²) in [6, 6.07) is 8.02. The number of nitrogens with zero attached hydrogens (tertiary/aromatic N) is 2. The van der Waals surface area contributed by atoms with Gasteiger partial charge in [0.2, 0.25) is 0 Å². The molecule has 1 heterocycles. The van der Waals surface area contributed by atoms with Crippen molar-refractivity contribution in [2.75, 3.05) is 6.54 Å². The minimum Gasteiger partial charge on any atom is -0.311 e. The van der Waals surface area contributed by atoms with E-state index in [0.717, 1.165) is 35.7 Å². The van der Waals surface area contributed by atoms with Gasteiger partial charge >= 0.3 is 0 Å². The third-order valence-electron chi connectivity index (χ3n) is 4.01. The fourth-order valence-electron chi connectivity index (χ4n) is 2.90. The Morgan fingerprint density at radius 3 is 2.74 bits per heavy atom. The summed E-state index contributed by atoms with van der Waals surface area (Å²) in [7, 11) is 0. The molecule has 0 atom stereocenters. The third kappa shape index (κ3) is 3.29. The monoisotopic (exact) mass is 255 g/mol. The maximum atomic E-state index is 4.62. The first-order valence-corrected chi connectivity index (χ1v) is 7.33. The number of rotatable bonds is 5. The molecule has 3 rings (SSSR count). The van der Waals surface area contributed by atoms with Crippen LogP contribution in [0.5, 0.6) is 0 Å². The molecule has 0 unspecified atom stereocenters. The number of hydrogen-bond donors (Lipinski definition) is 1. The molecule has 1 N–H and O–H groups in total. The summed E-state index contributed by atoms with van der Waals surface area (Å²) in [6.07, 6.45) is 8.91. The Labute approximate surface area is 114 Å². The molecule has 0 aliphatic heterocycles. The second kappa shape index (κ2) is 6.11. The van der Waals surface area contributed by atoms with Crippen molar-refractivity contribution in [3.63, 3.8) is 0 Å². The highest BCUT2D eigenvalue weighted by Crippen LogP contribution is 2.26. The summed E-state index contributed by atoms with van der Waals surface area (Å²) in [5.74, 6) is 0.954. The van der Waals surface area contributed by atoms with Gasteiger partial charge in [-0.1, -0.05) is 37.8 Å². The van der Waals surface area contributed by atoms with Crippen LogP contribution >= 0.6 is 0 Å². The number of fused-ring (bicyclic) bond motifs is 1. The molecule has 1 saturated carbocycles. The Morgan fingerprint density at radius 1 is 1.11 bits per heavy atom. The van der Waals surface area contributed by atoms with Gasteiger partial charge in [0, 0.05) is 6.54 Å². The lowest BCUT2D eigenvalue weighted by molar-refractivity contribution is 0.476. The molecule has 1 aliphatic rings. The lowest BCUT2D eigenvalue weighted by Crippen LogP contribution is -2.17. The van der Waals surface area contributed by atoms with Crippen molar-refractivity contribution in [3.8, 4) is 0 Å². The van der Waals surface area contributed by atoms with E-state index in [2.05, 4.69) is 15.3 Å². The molecule has 1 aromatic carbocycles. The van der Waals surface area contributed by atoms with Gasteiger partial charge < -0.3 is 5.32 Å². The molecule has 3 heteroatoms. The van der Waals surface area contributed by atoms with Gasteiger partial charge in [0.1, 0.15) is 0 Å². The van der Waals surface area contributed by atoms with Crippen molar-refractivity contribution in [1.82, 2.24) is 15.3 Å². The Kier molecular flexibility index (Phi) is 4.04. The zero-order chi connectivity index (χ0) is 12.9. The van der Waals surface area contributed by atoms with E-state index in [1.165, 1.54) is 32.1 Å². The van der Waals surface area contributed by atoms with Crippen LogP contribution in [0.4, 0.5) is 0 Å². The van der Waals surface area contributed by atoms with E-state index in [0.29, 0.717) is 0 Å². The van der Waals surface area contributed by atoms with E-state index >= 15 is 0 Å². The molecular formula is C16H21N3. The first-order chi connectivity index (χ1) is 9.42. The molecule has 1 fully saturated rings. The quantitative estimate of drug-likeness (QED) is 0.833. The average Bonchev–Trinajstić information content (AvgIpc) is 2.97. The number of para-hydroxylation sites is 2. The molecule has 0 bridgehead atoms. The Hall–Kier alpha value is -1.48. The fraction of sp³-hybridized carbons (Fsp3) is 0.500. The molecular weight excluding hydrogens is 234 g/mol. The van der Waals surface area contributed by atoms with E-state index in [1.54, 1.807) is 0 Å². The normalized spacial score (nSPS) is 16.2. The highest BCUT2D eigenvalue weighted by atomic mass is 14.9. The lowest BCUT2D eigenvalue weighted by Gasteiger charge is -2.09. The summed E-state index contributed by atoms with van der Waals surface area (Å²) in [5, 5.41) is 3.49. The number of nitrogens with one attached hydrogen (secondary N) is 1. The minimum atomic E-state index is 0.824. The zero-order valence-corrected chi connectivity index (χ0v) is 11.3. The predicted molar refractivity (Wildman–Crippen MR) is 77.8 cm³/mol. The Bertz CT molecular complexity index is 532. The Morgan fingerprint density at radius 2 is 1.89 bits per heavy atom. The Balaban J connectivity index is 1.50. The molecule has 0 amide bonds. The van der Waals surface area contributed by atoms with E-state index in [4.69, 9.17) is 0 Å². The van der Waals surface area contributed by atoms with Crippen molar-refractivity contribution >= 4 is 11.0 Å². The molecule has 100 valence electrons. The highest BCUT2D eigenvalue weighted by Gasteiger charge is 2.13. The molecule has 2 aromatic rings. The first-order valence-electron chi connectivity index (χ1n) is 7.33. The van der Waals surface area contributed by atoms with Gasteiger partial charge in [0.25, 0.3) is 0 Å². The highest BCUT2D eigenvalue weighted by molar-refractivity contribution is 5.73. The van der Waals surface area contributed by atoms with Crippen LogP contribution in [0.3, 0.4) is 0 Å². The van der Waals surface area contributed by atoms with Gasteiger partial charge in [0.15, 0.2) is 0 Å². The standard InChI is InChI=1S/C16H21N3/c1-2-6-13(5-1)9-10-17-11-14-12-18-15-7-3-4-8-16(15)19-14/h3-4,7-8,12-13,17H,1-2,5-6,9-11H2. The summed E-state index contributed by atoms with van der Waals surface area (Å²) >= 11 is 0. The predicted octanol–water partition coefficient (Wildman–Crippen LogP) is 3.30. The van der Waals surface area contributed by atoms with Crippen LogP contribution in [0, 0.1) is 5.92 Å². The number of aromatic nitrogens is 2. The summed E-state index contributed by atoms with van der Waals surface area (Å²) in [6.45, 7) is 1.92. The zero-order valence-electron chi connectivity index (χ0n) is 11.3. The number of hydrogen-bond acceptors (Lipinski definition) is 3. The van der Waals surface area contributed by atoms with Gasteiger partial charge in [0.05, 0.1) is 22.9 Å². The SMILES string of the molecule is c1ccc2nc(CNCCC3CCCC3)cnc2c1. The van der Waals surface area contributed by atoms with Gasteiger partial charge in [-0.15, -0.1) is 0 Å². The van der Waals surface area contributed by atoms with Crippen molar-refractivity contribution in [2.45, 2.75) is 38.6 Å². The second-order valence-corrected chi connectivity index (χ2v) is 5.47. The van der Waals surface area contributed by atoms with Crippen molar-refractivity contribution in [3.05, 3.63) is 36.2 Å². The third-order valence-corrected chi connectivity index (χ3v) is 4.01. The van der Waals surface area contributed by atoms with Crippen LogP contribution in [0.15, 0.2) is 30.5 Å². The molecule has 1 aromatic heterocycles. The van der Waals surface area contributed by atoms with Crippen LogP contribution in [-0.2, 0) is 6.54 Å². The van der Waals surface area contributed by atoms with Crippen LogP contribution in [0.1, 0.15) is 37.8 Å². The van der Waals surface area contributed by atoms with Crippen molar-refractivity contribution in [1.29, 1.82) is 0 Å². The number of benzene rings is 1. The second-order valence-electron chi connectivity index (χ2n) is 5.47. The van der Waals surface area contributed by atoms with E-state index in [-0.39, 0.29) is 0 Å². The molecule has 1 aliphatic carbocycles. The summed E-state index contributed by atoms with van der Waals surface area (Å²) in [5.41, 5.74) is 2.99. The van der Waals surface area contributed by atoms with Crippen LogP contribution in [-0.4, -0.2) is 16.5 Å². The lowest BCUT2D eigenvalue weighted by atomic mass is 10.0. The minimum absolute atomic E-state index is 0.824. The summed E-state index contributed by atoms with van der Waals surface area (Å²) in [4.78, 5) is 9.05. The van der Waals surface area contributed by atoms with E-state index in [9.17, 15) is 0 Å². The average molecular weight is 255 g/mol. The molecule has 3 nitrogen and oxygen atoms in total. The topological polar surface area (TPSA) is 37.8 Å². The fourth-order valence-corrected chi connectivity index (χ4v) is 2.90. The van der Waals surface area contributed by atoms with Crippen molar-refractivity contribution < 1.29 is 0 Å². The smallest absolute Gasteiger partial charge is 0.0890 e. The maximum absolute atomic E-state index is 4.62. The van der Waals surface area contributed by atoms with Gasteiger partial charge in [-0.3, -0.25) is 4.98 Å². The van der Waals surface area contributed by atoms with Crippen LogP contribution in [0.25, 0.3) is 11.0 Å². The molecule has 0 saturated heterocycles. The van der Waals surface area contributed by atoms with Crippen molar-refractivity contribution in [2.24, 2.45) is 5.92 Å². The van der Waals surface area contributed by atoms with Gasteiger partial charge in [-0.05, 0) is 31.0 Å². The maximum Gasteiger partial charge on any atom is 0.0890 e. The van der Waals surface area contributed by atoms with Crippen LogP contribution < -0.4 is 5.32 Å². The molecule has 19 heavy (non-hydrogen) atoms. The first kappa shape index (κ1) is 12.5. The van der Waals surface area contributed by atoms with Gasteiger partial charge in [-0.2, -0.15) is 0 Å². The molecule has 0 radical (unpaired) electrons. The summed E-state index contributed by atoms with van der Waals surface area (Å²) < 4.78 is 0. The largest absolute Gasteiger partial charge is 0.311 e. The van der Waals surface area contributed by atoms with E-state index < -0.39 is 0 Å². The van der Waals surface area contributed by atoms with E-state index in [1.807, 2.05) is 30.5 Å². The molecule has 0 spiro atoms.